The average molecular weight is 353 g/mol. The summed E-state index contributed by atoms with van der Waals surface area (Å²) in [5.74, 6) is 1.58. The fourth-order valence-electron chi connectivity index (χ4n) is 2.90. The number of allylic oxidation sites excluding steroid dienone is 1. The second-order valence-electron chi connectivity index (χ2n) is 5.69. The zero-order valence-electron chi connectivity index (χ0n) is 13.7. The molecule has 2 heterocycles. The molecule has 25 heavy (non-hydrogen) atoms. The molecular weight excluding hydrogens is 336 g/mol. The molecule has 1 atom stereocenters. The van der Waals surface area contributed by atoms with Crippen molar-refractivity contribution in [1.82, 2.24) is 14.8 Å². The lowest BCUT2D eigenvalue weighted by molar-refractivity contribution is 0.340. The normalized spacial score (nSPS) is 15.9. The Morgan fingerprint density at radius 2 is 1.88 bits per heavy atom. The van der Waals surface area contributed by atoms with E-state index in [1.54, 1.807) is 6.33 Å². The second-order valence-corrected chi connectivity index (χ2v) is 6.12. The minimum Gasteiger partial charge on any atom is -0.494 e. The first-order chi connectivity index (χ1) is 12.2. The molecule has 0 radical (unpaired) electrons. The Hall–Kier alpha value is -2.79. The van der Waals surface area contributed by atoms with Crippen LogP contribution in [0, 0.1) is 0 Å². The van der Waals surface area contributed by atoms with Crippen molar-refractivity contribution in [3.05, 3.63) is 77.1 Å². The zero-order valence-corrected chi connectivity index (χ0v) is 14.4. The third-order valence-electron chi connectivity index (χ3n) is 4.10. The molecule has 126 valence electrons. The molecule has 2 aromatic carbocycles. The van der Waals surface area contributed by atoms with Gasteiger partial charge in [-0.15, -0.1) is 0 Å². The van der Waals surface area contributed by atoms with Gasteiger partial charge in [-0.05, 0) is 60.5 Å². The summed E-state index contributed by atoms with van der Waals surface area (Å²) in [6, 6.07) is 15.8. The van der Waals surface area contributed by atoms with Crippen molar-refractivity contribution in [2.24, 2.45) is 0 Å². The molecule has 3 aromatic rings. The molecular formula is C19H17ClN4O. The minimum atomic E-state index is -0.0439. The van der Waals surface area contributed by atoms with E-state index in [4.69, 9.17) is 16.3 Å². The molecule has 0 aliphatic carbocycles. The minimum absolute atomic E-state index is 0.0439. The zero-order chi connectivity index (χ0) is 17.2. The summed E-state index contributed by atoms with van der Waals surface area (Å²) in [5, 5.41) is 8.40. The van der Waals surface area contributed by atoms with Crippen LogP contribution in [-0.4, -0.2) is 21.4 Å². The Morgan fingerprint density at radius 3 is 2.60 bits per heavy atom. The van der Waals surface area contributed by atoms with Crippen LogP contribution in [0.3, 0.4) is 0 Å². The van der Waals surface area contributed by atoms with Crippen LogP contribution in [0.15, 0.2) is 60.9 Å². The number of fused-ring (bicyclic) bond motifs is 1. The number of halogens is 1. The van der Waals surface area contributed by atoms with E-state index >= 15 is 0 Å². The van der Waals surface area contributed by atoms with Crippen molar-refractivity contribution in [3.63, 3.8) is 0 Å². The van der Waals surface area contributed by atoms with E-state index in [-0.39, 0.29) is 6.04 Å². The van der Waals surface area contributed by atoms with Crippen molar-refractivity contribution in [3.8, 4) is 5.75 Å². The molecule has 1 aromatic heterocycles. The van der Waals surface area contributed by atoms with E-state index in [1.165, 1.54) is 0 Å². The van der Waals surface area contributed by atoms with Gasteiger partial charge in [-0.25, -0.2) is 4.68 Å². The van der Waals surface area contributed by atoms with Gasteiger partial charge in [0.15, 0.2) is 0 Å². The first kappa shape index (κ1) is 15.7. The van der Waals surface area contributed by atoms with Crippen LogP contribution >= 0.6 is 11.6 Å². The highest BCUT2D eigenvalue weighted by molar-refractivity contribution is 6.30. The van der Waals surface area contributed by atoms with E-state index < -0.39 is 0 Å². The van der Waals surface area contributed by atoms with Crippen molar-refractivity contribution < 1.29 is 4.74 Å². The molecule has 1 N–H and O–H groups in total. The van der Waals surface area contributed by atoms with E-state index in [1.807, 2.05) is 60.1 Å². The predicted molar refractivity (Wildman–Crippen MR) is 98.8 cm³/mol. The van der Waals surface area contributed by atoms with Crippen LogP contribution in [0.5, 0.6) is 5.75 Å². The maximum Gasteiger partial charge on any atom is 0.226 e. The summed E-state index contributed by atoms with van der Waals surface area (Å²) in [6.45, 7) is 2.63. The highest BCUT2D eigenvalue weighted by atomic mass is 35.5. The molecule has 4 rings (SSSR count). The number of benzene rings is 2. The van der Waals surface area contributed by atoms with Gasteiger partial charge < -0.3 is 10.1 Å². The number of rotatable bonds is 4. The summed E-state index contributed by atoms with van der Waals surface area (Å²) in [5.41, 5.74) is 3.15. The Balaban J connectivity index is 1.72. The highest BCUT2D eigenvalue weighted by Gasteiger charge is 2.23. The van der Waals surface area contributed by atoms with E-state index in [2.05, 4.69) is 21.5 Å². The molecule has 0 saturated carbocycles. The number of anilines is 1. The number of nitrogens with one attached hydrogen (secondary N) is 1. The molecule has 1 aliphatic heterocycles. The number of hydrogen-bond donors (Lipinski definition) is 1. The van der Waals surface area contributed by atoms with Gasteiger partial charge in [0.2, 0.25) is 5.95 Å². The maximum absolute atomic E-state index is 6.02. The van der Waals surface area contributed by atoms with Crippen LogP contribution in [-0.2, 0) is 0 Å². The van der Waals surface area contributed by atoms with E-state index in [0.29, 0.717) is 17.6 Å². The summed E-state index contributed by atoms with van der Waals surface area (Å²) < 4.78 is 7.38. The van der Waals surface area contributed by atoms with Crippen LogP contribution < -0.4 is 10.1 Å². The van der Waals surface area contributed by atoms with Gasteiger partial charge in [0, 0.05) is 10.7 Å². The quantitative estimate of drug-likeness (QED) is 0.756. The Labute approximate surface area is 150 Å². The van der Waals surface area contributed by atoms with Gasteiger partial charge in [-0.1, -0.05) is 23.7 Å². The Morgan fingerprint density at radius 1 is 1.12 bits per heavy atom. The molecule has 0 amide bonds. The molecule has 0 saturated heterocycles. The SMILES string of the molecule is CCOc1ccc(C2=C[C@@H](c3ccc(Cl)cc3)n3ncnc3N2)cc1. The van der Waals surface area contributed by atoms with Crippen molar-refractivity contribution in [2.75, 3.05) is 11.9 Å². The summed E-state index contributed by atoms with van der Waals surface area (Å²) in [7, 11) is 0. The molecule has 5 nitrogen and oxygen atoms in total. The molecule has 0 unspecified atom stereocenters. The van der Waals surface area contributed by atoms with Gasteiger partial charge >= 0.3 is 0 Å². The highest BCUT2D eigenvalue weighted by Crippen LogP contribution is 2.32. The standard InChI is InChI=1S/C19H17ClN4O/c1-2-25-16-9-5-13(6-10-16)17-11-18(14-3-7-15(20)8-4-14)24-19(23-17)21-12-22-24/h3-12,18H,2H2,1H3,(H,21,22,23)/t18-/m0/s1. The average Bonchev–Trinajstić information content (AvgIpc) is 3.11. The lowest BCUT2D eigenvalue weighted by atomic mass is 10.0. The lowest BCUT2D eigenvalue weighted by Crippen LogP contribution is -2.20. The topological polar surface area (TPSA) is 52.0 Å². The third kappa shape index (κ3) is 3.10. The molecule has 6 heteroatoms. The van der Waals surface area contributed by atoms with Gasteiger partial charge in [0.25, 0.3) is 0 Å². The number of hydrogen-bond acceptors (Lipinski definition) is 4. The van der Waals surface area contributed by atoms with Crippen molar-refractivity contribution in [2.45, 2.75) is 13.0 Å². The molecule has 1 aliphatic rings. The van der Waals surface area contributed by atoms with Crippen LogP contribution in [0.2, 0.25) is 5.02 Å². The largest absolute Gasteiger partial charge is 0.494 e. The van der Waals surface area contributed by atoms with Crippen LogP contribution in [0.25, 0.3) is 5.70 Å². The molecule has 0 fully saturated rings. The van der Waals surface area contributed by atoms with Gasteiger partial charge in [0.1, 0.15) is 18.1 Å². The lowest BCUT2D eigenvalue weighted by Gasteiger charge is -2.24. The molecule has 0 spiro atoms. The summed E-state index contributed by atoms with van der Waals surface area (Å²) in [4.78, 5) is 4.32. The summed E-state index contributed by atoms with van der Waals surface area (Å²) >= 11 is 6.02. The Kier molecular flexibility index (Phi) is 4.15. The van der Waals surface area contributed by atoms with Crippen LogP contribution in [0.4, 0.5) is 5.95 Å². The summed E-state index contributed by atoms with van der Waals surface area (Å²) in [6.07, 6.45) is 3.70. The number of ether oxygens (including phenoxy) is 1. The van der Waals surface area contributed by atoms with Crippen LogP contribution in [0.1, 0.15) is 24.1 Å². The smallest absolute Gasteiger partial charge is 0.226 e. The number of aromatic nitrogens is 3. The second kappa shape index (κ2) is 6.61. The Bertz CT molecular complexity index is 900. The van der Waals surface area contributed by atoms with E-state index in [0.717, 1.165) is 22.6 Å². The molecule has 0 bridgehead atoms. The fraction of sp³-hybridized carbons (Fsp3) is 0.158. The first-order valence-corrected chi connectivity index (χ1v) is 8.49. The van der Waals surface area contributed by atoms with Crippen molar-refractivity contribution in [1.29, 1.82) is 0 Å². The maximum atomic E-state index is 6.02. The van der Waals surface area contributed by atoms with Gasteiger partial charge in [-0.2, -0.15) is 10.1 Å². The number of nitrogens with zero attached hydrogens (tertiary/aromatic N) is 3. The van der Waals surface area contributed by atoms with E-state index in [9.17, 15) is 0 Å². The first-order valence-electron chi connectivity index (χ1n) is 8.11. The van der Waals surface area contributed by atoms with Gasteiger partial charge in [-0.3, -0.25) is 0 Å². The third-order valence-corrected chi connectivity index (χ3v) is 4.35. The van der Waals surface area contributed by atoms with Crippen molar-refractivity contribution >= 4 is 23.2 Å². The predicted octanol–water partition coefficient (Wildman–Crippen LogP) is 4.39. The van der Waals surface area contributed by atoms with Gasteiger partial charge in [0.05, 0.1) is 6.61 Å². The fourth-order valence-corrected chi connectivity index (χ4v) is 3.02. The monoisotopic (exact) mass is 352 g/mol.